The molecule has 0 aliphatic heterocycles. The monoisotopic (exact) mass is 288 g/mol. The van der Waals surface area contributed by atoms with E-state index in [1.807, 2.05) is 20.8 Å². The van der Waals surface area contributed by atoms with Gasteiger partial charge in [0.2, 0.25) is 5.91 Å². The minimum atomic E-state index is -1.02. The van der Waals surface area contributed by atoms with Crippen molar-refractivity contribution in [1.29, 1.82) is 0 Å². The number of carbonyl (C=O) groups is 3. The van der Waals surface area contributed by atoms with E-state index in [0.717, 1.165) is 0 Å². The topological polar surface area (TPSA) is 130 Å². The van der Waals surface area contributed by atoms with Crippen LogP contribution in [-0.2, 0) is 14.4 Å². The minimum Gasteiger partial charge on any atom is -0.481 e. The number of nitrogens with one attached hydrogen (secondary N) is 1. The summed E-state index contributed by atoms with van der Waals surface area (Å²) in [6.45, 7) is 5.83. The van der Waals surface area contributed by atoms with Crippen LogP contribution in [0.5, 0.6) is 0 Å². The molecule has 0 saturated heterocycles. The Morgan fingerprint density at radius 3 is 2.10 bits per heavy atom. The molecule has 0 rings (SSSR count). The Morgan fingerprint density at radius 2 is 1.70 bits per heavy atom. The number of carboxylic acids is 2. The van der Waals surface area contributed by atoms with Crippen LogP contribution in [0.25, 0.3) is 0 Å². The highest BCUT2D eigenvalue weighted by atomic mass is 16.4. The summed E-state index contributed by atoms with van der Waals surface area (Å²) in [6, 6.07) is -1.46. The van der Waals surface area contributed by atoms with Gasteiger partial charge >= 0.3 is 11.9 Å². The van der Waals surface area contributed by atoms with Crippen molar-refractivity contribution in [2.75, 3.05) is 0 Å². The van der Waals surface area contributed by atoms with Crippen LogP contribution in [-0.4, -0.2) is 40.1 Å². The molecule has 5 N–H and O–H groups in total. The SMILES string of the molecule is CC(C)(C)CC(CC(=O)O)NC(=O)C(N)CCC(=O)O. The van der Waals surface area contributed by atoms with Crippen LogP contribution in [0.3, 0.4) is 0 Å². The summed E-state index contributed by atoms with van der Waals surface area (Å²) in [5.41, 5.74) is 5.45. The molecule has 0 aromatic rings. The first kappa shape index (κ1) is 18.4. The lowest BCUT2D eigenvalue weighted by atomic mass is 9.87. The number of carboxylic acid groups (broad SMARTS) is 2. The van der Waals surface area contributed by atoms with Crippen molar-refractivity contribution >= 4 is 17.8 Å². The van der Waals surface area contributed by atoms with E-state index < -0.39 is 29.9 Å². The van der Waals surface area contributed by atoms with Crippen molar-refractivity contribution in [1.82, 2.24) is 5.32 Å². The fraction of sp³-hybridized carbons (Fsp3) is 0.769. The number of hydrogen-bond acceptors (Lipinski definition) is 4. The number of hydrogen-bond donors (Lipinski definition) is 4. The molecule has 0 aliphatic rings. The van der Waals surface area contributed by atoms with Crippen LogP contribution >= 0.6 is 0 Å². The van der Waals surface area contributed by atoms with E-state index in [0.29, 0.717) is 6.42 Å². The third-order valence-electron chi connectivity index (χ3n) is 2.63. The highest BCUT2D eigenvalue weighted by molar-refractivity contribution is 5.83. The van der Waals surface area contributed by atoms with Crippen LogP contribution < -0.4 is 11.1 Å². The second kappa shape index (κ2) is 7.84. The van der Waals surface area contributed by atoms with Crippen LogP contribution in [0.15, 0.2) is 0 Å². The fourth-order valence-corrected chi connectivity index (χ4v) is 1.84. The van der Waals surface area contributed by atoms with Gasteiger partial charge in [0.15, 0.2) is 0 Å². The van der Waals surface area contributed by atoms with E-state index in [1.165, 1.54) is 0 Å². The molecule has 0 aliphatic carbocycles. The first-order valence-corrected chi connectivity index (χ1v) is 6.51. The van der Waals surface area contributed by atoms with Crippen LogP contribution in [0.4, 0.5) is 0 Å². The molecule has 0 fully saturated rings. The van der Waals surface area contributed by atoms with Gasteiger partial charge < -0.3 is 21.3 Å². The van der Waals surface area contributed by atoms with Crippen molar-refractivity contribution in [2.24, 2.45) is 11.1 Å². The number of amides is 1. The zero-order valence-electron chi connectivity index (χ0n) is 12.2. The third kappa shape index (κ3) is 9.32. The van der Waals surface area contributed by atoms with E-state index in [9.17, 15) is 14.4 Å². The third-order valence-corrected chi connectivity index (χ3v) is 2.63. The average molecular weight is 288 g/mol. The maximum Gasteiger partial charge on any atom is 0.305 e. The average Bonchev–Trinajstić information content (AvgIpc) is 2.21. The summed E-state index contributed by atoms with van der Waals surface area (Å²) >= 11 is 0. The molecule has 0 aromatic heterocycles. The lowest BCUT2D eigenvalue weighted by Gasteiger charge is -2.26. The standard InChI is InChI=1S/C13H24N2O5/c1-13(2,3)7-8(6-11(18)19)15-12(20)9(14)4-5-10(16)17/h8-9H,4-7,14H2,1-3H3,(H,15,20)(H,16,17)(H,18,19). The smallest absolute Gasteiger partial charge is 0.305 e. The number of rotatable bonds is 8. The number of aliphatic carboxylic acids is 2. The first-order chi connectivity index (χ1) is 9.01. The van der Waals surface area contributed by atoms with Gasteiger partial charge in [0.1, 0.15) is 0 Å². The first-order valence-electron chi connectivity index (χ1n) is 6.51. The summed E-state index contributed by atoms with van der Waals surface area (Å²) in [5, 5.41) is 20.0. The Kier molecular flexibility index (Phi) is 7.20. The highest BCUT2D eigenvalue weighted by Gasteiger charge is 2.25. The van der Waals surface area contributed by atoms with Gasteiger partial charge in [0.05, 0.1) is 12.5 Å². The van der Waals surface area contributed by atoms with Gasteiger partial charge in [-0.2, -0.15) is 0 Å². The summed E-state index contributed by atoms with van der Waals surface area (Å²) in [5.74, 6) is -2.54. The van der Waals surface area contributed by atoms with Gasteiger partial charge in [-0.1, -0.05) is 20.8 Å². The van der Waals surface area contributed by atoms with E-state index in [2.05, 4.69) is 5.32 Å². The Labute approximate surface area is 118 Å². The molecule has 7 heteroatoms. The van der Waals surface area contributed by atoms with E-state index >= 15 is 0 Å². The van der Waals surface area contributed by atoms with Gasteiger partial charge in [0.25, 0.3) is 0 Å². The lowest BCUT2D eigenvalue weighted by molar-refractivity contribution is -0.138. The van der Waals surface area contributed by atoms with Gasteiger partial charge in [-0.3, -0.25) is 14.4 Å². The molecule has 0 heterocycles. The molecular weight excluding hydrogens is 264 g/mol. The molecule has 0 radical (unpaired) electrons. The van der Waals surface area contributed by atoms with Gasteiger partial charge in [-0.15, -0.1) is 0 Å². The summed E-state index contributed by atoms with van der Waals surface area (Å²) in [4.78, 5) is 33.0. The summed E-state index contributed by atoms with van der Waals surface area (Å²) in [6.07, 6.45) is 0.138. The fourth-order valence-electron chi connectivity index (χ4n) is 1.84. The molecule has 0 bridgehead atoms. The Bertz CT molecular complexity index is 362. The van der Waals surface area contributed by atoms with Crippen molar-refractivity contribution < 1.29 is 24.6 Å². The van der Waals surface area contributed by atoms with E-state index in [4.69, 9.17) is 15.9 Å². The largest absolute Gasteiger partial charge is 0.481 e. The molecule has 0 saturated carbocycles. The maximum absolute atomic E-state index is 11.8. The molecule has 0 spiro atoms. The number of carbonyl (C=O) groups excluding carboxylic acids is 1. The molecule has 2 atom stereocenters. The van der Waals surface area contributed by atoms with Crippen molar-refractivity contribution in [3.63, 3.8) is 0 Å². The molecule has 1 amide bonds. The predicted molar refractivity (Wildman–Crippen MR) is 73.1 cm³/mol. The van der Waals surface area contributed by atoms with Crippen molar-refractivity contribution in [3.05, 3.63) is 0 Å². The Hall–Kier alpha value is -1.63. The van der Waals surface area contributed by atoms with Crippen LogP contribution in [0.2, 0.25) is 0 Å². The molecule has 2 unspecified atom stereocenters. The maximum atomic E-state index is 11.8. The van der Waals surface area contributed by atoms with Gasteiger partial charge in [-0.25, -0.2) is 0 Å². The molecule has 20 heavy (non-hydrogen) atoms. The normalized spacial score (nSPS) is 14.4. The minimum absolute atomic E-state index is 0.0243. The van der Waals surface area contributed by atoms with E-state index in [1.54, 1.807) is 0 Å². The molecular formula is C13H24N2O5. The molecule has 116 valence electrons. The quantitative estimate of drug-likeness (QED) is 0.516. The van der Waals surface area contributed by atoms with Crippen molar-refractivity contribution in [2.45, 2.75) is 58.5 Å². The predicted octanol–water partition coefficient (Wildman–Crippen LogP) is 0.574. The van der Waals surface area contributed by atoms with Crippen LogP contribution in [0, 0.1) is 5.41 Å². The van der Waals surface area contributed by atoms with E-state index in [-0.39, 0.29) is 24.7 Å². The molecule has 7 nitrogen and oxygen atoms in total. The van der Waals surface area contributed by atoms with Crippen LogP contribution in [0.1, 0.15) is 46.5 Å². The summed E-state index contributed by atoms with van der Waals surface area (Å²) in [7, 11) is 0. The van der Waals surface area contributed by atoms with Crippen molar-refractivity contribution in [3.8, 4) is 0 Å². The zero-order valence-corrected chi connectivity index (χ0v) is 12.2. The Balaban J connectivity index is 4.51. The Morgan fingerprint density at radius 1 is 1.15 bits per heavy atom. The van der Waals surface area contributed by atoms with Gasteiger partial charge in [-0.05, 0) is 18.3 Å². The second-order valence-corrected chi connectivity index (χ2v) is 6.11. The second-order valence-electron chi connectivity index (χ2n) is 6.11. The lowest BCUT2D eigenvalue weighted by Crippen LogP contribution is -2.47. The molecule has 0 aromatic carbocycles. The number of nitrogens with two attached hydrogens (primary N) is 1. The zero-order chi connectivity index (χ0) is 15.9. The highest BCUT2D eigenvalue weighted by Crippen LogP contribution is 2.22. The summed E-state index contributed by atoms with van der Waals surface area (Å²) < 4.78 is 0. The van der Waals surface area contributed by atoms with Gasteiger partial charge in [0, 0.05) is 12.5 Å².